The molecule has 2 saturated heterocycles. The molecule has 0 bridgehead atoms. The van der Waals surface area contributed by atoms with Crippen LogP contribution in [0, 0.1) is 11.6 Å². The number of aliphatic imine (C=N–C) groups is 1. The maximum atomic E-state index is 14.0. The fourth-order valence-electron chi connectivity index (χ4n) is 3.58. The lowest BCUT2D eigenvalue weighted by Gasteiger charge is -2.38. The molecule has 2 aliphatic heterocycles. The molecule has 0 aliphatic carbocycles. The minimum atomic E-state index is -2.87. The first-order chi connectivity index (χ1) is 13.9. The number of rotatable bonds is 5. The second-order valence-corrected chi connectivity index (χ2v) is 9.60. The summed E-state index contributed by atoms with van der Waals surface area (Å²) in [5.41, 5.74) is 0.298. The SMILES string of the molecule is CCNC(=NCCN1CCS(=O)(=O)CC1)N1CCN(c2cc(F)ccc2F)CC1. The maximum absolute atomic E-state index is 14.0. The molecule has 0 atom stereocenters. The minimum absolute atomic E-state index is 0.218. The molecular formula is C19H29F2N5O2S. The van der Waals surface area contributed by atoms with Gasteiger partial charge in [-0.05, 0) is 19.1 Å². The zero-order chi connectivity index (χ0) is 20.9. The third-order valence-corrected chi connectivity index (χ3v) is 6.89. The monoisotopic (exact) mass is 429 g/mol. The van der Waals surface area contributed by atoms with E-state index in [1.54, 1.807) is 0 Å². The summed E-state index contributed by atoms with van der Waals surface area (Å²) >= 11 is 0. The Morgan fingerprint density at radius 1 is 1.10 bits per heavy atom. The zero-order valence-electron chi connectivity index (χ0n) is 16.8. The molecule has 1 N–H and O–H groups in total. The number of guanidine groups is 1. The number of benzene rings is 1. The van der Waals surface area contributed by atoms with Gasteiger partial charge in [0.2, 0.25) is 0 Å². The highest BCUT2D eigenvalue weighted by Crippen LogP contribution is 2.21. The molecule has 10 heteroatoms. The van der Waals surface area contributed by atoms with Crippen LogP contribution in [-0.4, -0.2) is 94.6 Å². The van der Waals surface area contributed by atoms with Crippen LogP contribution in [0.3, 0.4) is 0 Å². The van der Waals surface area contributed by atoms with Crippen molar-refractivity contribution in [2.45, 2.75) is 6.92 Å². The van der Waals surface area contributed by atoms with Crippen LogP contribution in [0.25, 0.3) is 0 Å². The summed E-state index contributed by atoms with van der Waals surface area (Å²) in [6.45, 7) is 7.64. The average molecular weight is 430 g/mol. The highest BCUT2D eigenvalue weighted by molar-refractivity contribution is 7.91. The summed E-state index contributed by atoms with van der Waals surface area (Å²) < 4.78 is 50.5. The summed E-state index contributed by atoms with van der Waals surface area (Å²) in [7, 11) is -2.87. The summed E-state index contributed by atoms with van der Waals surface area (Å²) in [5, 5.41) is 3.29. The van der Waals surface area contributed by atoms with Gasteiger partial charge in [0.1, 0.15) is 11.6 Å². The Morgan fingerprint density at radius 2 is 1.79 bits per heavy atom. The minimum Gasteiger partial charge on any atom is -0.366 e. The lowest BCUT2D eigenvalue weighted by Crippen LogP contribution is -2.53. The van der Waals surface area contributed by atoms with Crippen molar-refractivity contribution in [2.24, 2.45) is 4.99 Å². The van der Waals surface area contributed by atoms with E-state index in [4.69, 9.17) is 0 Å². The van der Waals surface area contributed by atoms with Crippen molar-refractivity contribution in [3.63, 3.8) is 0 Å². The van der Waals surface area contributed by atoms with E-state index in [1.807, 2.05) is 11.8 Å². The van der Waals surface area contributed by atoms with Crippen molar-refractivity contribution in [2.75, 3.05) is 75.3 Å². The standard InChI is InChI=1S/C19H29F2N5O2S/c1-2-22-19(23-5-6-24-11-13-29(27,28)14-12-24)26-9-7-25(8-10-26)18-15-16(20)3-4-17(18)21/h3-4,15H,2,5-14H2,1H3,(H,22,23). The molecule has 29 heavy (non-hydrogen) atoms. The summed E-state index contributed by atoms with van der Waals surface area (Å²) in [4.78, 5) is 10.8. The number of hydrogen-bond acceptors (Lipinski definition) is 5. The third kappa shape index (κ3) is 6.02. The predicted octanol–water partition coefficient (Wildman–Crippen LogP) is 0.783. The van der Waals surface area contributed by atoms with Gasteiger partial charge in [0, 0.05) is 58.4 Å². The predicted molar refractivity (Wildman–Crippen MR) is 111 cm³/mol. The van der Waals surface area contributed by atoms with Crippen LogP contribution in [0.15, 0.2) is 23.2 Å². The lowest BCUT2D eigenvalue weighted by molar-refractivity contribution is 0.302. The van der Waals surface area contributed by atoms with Gasteiger partial charge in [-0.25, -0.2) is 17.2 Å². The smallest absolute Gasteiger partial charge is 0.194 e. The summed E-state index contributed by atoms with van der Waals surface area (Å²) in [6, 6.07) is 3.53. The Labute approximate surface area is 171 Å². The molecule has 1 aromatic carbocycles. The van der Waals surface area contributed by atoms with Gasteiger partial charge in [-0.2, -0.15) is 0 Å². The maximum Gasteiger partial charge on any atom is 0.194 e. The number of anilines is 1. The molecule has 0 unspecified atom stereocenters. The fraction of sp³-hybridized carbons (Fsp3) is 0.632. The van der Waals surface area contributed by atoms with Crippen LogP contribution in [0.1, 0.15) is 6.92 Å². The van der Waals surface area contributed by atoms with Crippen molar-refractivity contribution in [3.05, 3.63) is 29.8 Å². The molecular weight excluding hydrogens is 400 g/mol. The molecule has 2 fully saturated rings. The van der Waals surface area contributed by atoms with E-state index in [2.05, 4.69) is 20.1 Å². The first-order valence-corrected chi connectivity index (χ1v) is 11.9. The summed E-state index contributed by atoms with van der Waals surface area (Å²) in [6.07, 6.45) is 0. The van der Waals surface area contributed by atoms with E-state index >= 15 is 0 Å². The van der Waals surface area contributed by atoms with Gasteiger partial charge >= 0.3 is 0 Å². The van der Waals surface area contributed by atoms with Gasteiger partial charge in [-0.1, -0.05) is 0 Å². The highest BCUT2D eigenvalue weighted by atomic mass is 32.2. The highest BCUT2D eigenvalue weighted by Gasteiger charge is 2.23. The first-order valence-electron chi connectivity index (χ1n) is 10.0. The van der Waals surface area contributed by atoms with E-state index < -0.39 is 21.5 Å². The van der Waals surface area contributed by atoms with Crippen LogP contribution >= 0.6 is 0 Å². The second kappa shape index (κ2) is 9.71. The summed E-state index contributed by atoms with van der Waals surface area (Å²) in [5.74, 6) is 0.384. The van der Waals surface area contributed by atoms with Crippen LogP contribution < -0.4 is 10.2 Å². The van der Waals surface area contributed by atoms with E-state index in [0.717, 1.165) is 31.2 Å². The number of nitrogens with one attached hydrogen (secondary N) is 1. The normalized spacial score (nSPS) is 20.7. The molecule has 2 heterocycles. The Balaban J connectivity index is 1.53. The van der Waals surface area contributed by atoms with Crippen LogP contribution in [0.4, 0.5) is 14.5 Å². The largest absolute Gasteiger partial charge is 0.366 e. The Morgan fingerprint density at radius 3 is 2.45 bits per heavy atom. The van der Waals surface area contributed by atoms with Crippen molar-refractivity contribution in [1.29, 1.82) is 0 Å². The van der Waals surface area contributed by atoms with Gasteiger partial charge in [0.05, 0.1) is 23.7 Å². The third-order valence-electron chi connectivity index (χ3n) is 5.28. The Hall–Kier alpha value is -1.94. The van der Waals surface area contributed by atoms with Gasteiger partial charge in [-0.3, -0.25) is 9.89 Å². The molecule has 7 nitrogen and oxygen atoms in total. The molecule has 3 rings (SSSR count). The molecule has 0 amide bonds. The number of piperazine rings is 1. The molecule has 0 spiro atoms. The number of nitrogens with zero attached hydrogens (tertiary/aromatic N) is 4. The zero-order valence-corrected chi connectivity index (χ0v) is 17.6. The van der Waals surface area contributed by atoms with Gasteiger partial charge in [0.15, 0.2) is 15.8 Å². The van der Waals surface area contributed by atoms with E-state index in [0.29, 0.717) is 51.5 Å². The topological polar surface area (TPSA) is 68.2 Å². The molecule has 0 aromatic heterocycles. The first kappa shape index (κ1) is 21.8. The molecule has 2 aliphatic rings. The van der Waals surface area contributed by atoms with E-state index in [9.17, 15) is 17.2 Å². The fourth-order valence-corrected chi connectivity index (χ4v) is 4.86. The Kier molecular flexibility index (Phi) is 7.28. The van der Waals surface area contributed by atoms with Gasteiger partial charge < -0.3 is 15.1 Å². The molecule has 1 aromatic rings. The van der Waals surface area contributed by atoms with E-state index in [-0.39, 0.29) is 11.5 Å². The van der Waals surface area contributed by atoms with Crippen LogP contribution in [-0.2, 0) is 9.84 Å². The Bertz CT molecular complexity index is 812. The quantitative estimate of drug-likeness (QED) is 0.551. The molecule has 0 saturated carbocycles. The van der Waals surface area contributed by atoms with Gasteiger partial charge in [0.25, 0.3) is 0 Å². The van der Waals surface area contributed by atoms with Gasteiger partial charge in [-0.15, -0.1) is 0 Å². The van der Waals surface area contributed by atoms with Crippen LogP contribution in [0.5, 0.6) is 0 Å². The van der Waals surface area contributed by atoms with Crippen molar-refractivity contribution < 1.29 is 17.2 Å². The lowest BCUT2D eigenvalue weighted by atomic mass is 10.2. The molecule has 0 radical (unpaired) electrons. The number of halogens is 2. The number of hydrogen-bond donors (Lipinski definition) is 1. The number of sulfone groups is 1. The van der Waals surface area contributed by atoms with Crippen LogP contribution in [0.2, 0.25) is 0 Å². The van der Waals surface area contributed by atoms with Crippen molar-refractivity contribution in [1.82, 2.24) is 15.1 Å². The second-order valence-electron chi connectivity index (χ2n) is 7.30. The van der Waals surface area contributed by atoms with E-state index in [1.165, 1.54) is 6.07 Å². The molecule has 162 valence electrons. The van der Waals surface area contributed by atoms with Crippen molar-refractivity contribution >= 4 is 21.5 Å². The average Bonchev–Trinajstić information content (AvgIpc) is 2.70. The van der Waals surface area contributed by atoms with Crippen molar-refractivity contribution in [3.8, 4) is 0 Å².